The molecule has 11 nitrogen and oxygen atoms in total. The maximum absolute atomic E-state index is 13.7. The van der Waals surface area contributed by atoms with E-state index in [4.69, 9.17) is 4.74 Å². The lowest BCUT2D eigenvalue weighted by atomic mass is 9.85. The molecular weight excluding hydrogens is 556 g/mol. The van der Waals surface area contributed by atoms with Crippen molar-refractivity contribution < 1.29 is 24.2 Å². The molecule has 2 fully saturated rings. The molecule has 3 amide bonds. The summed E-state index contributed by atoms with van der Waals surface area (Å²) in [5, 5.41) is 19.5. The molecule has 42 heavy (non-hydrogen) atoms. The summed E-state index contributed by atoms with van der Waals surface area (Å²) >= 11 is 1.59. The molecule has 4 rings (SSSR count). The average molecular weight is 601 g/mol. The molecule has 4 N–H and O–H groups in total. The molecule has 0 radical (unpaired) electrons. The van der Waals surface area contributed by atoms with Crippen LogP contribution in [0.3, 0.4) is 0 Å². The van der Waals surface area contributed by atoms with Crippen LogP contribution in [-0.4, -0.2) is 108 Å². The average Bonchev–Trinajstić information content (AvgIpc) is 3.58. The van der Waals surface area contributed by atoms with Crippen molar-refractivity contribution in [1.29, 1.82) is 0 Å². The summed E-state index contributed by atoms with van der Waals surface area (Å²) < 4.78 is 5.60. The van der Waals surface area contributed by atoms with Gasteiger partial charge >= 0.3 is 0 Å². The minimum absolute atomic E-state index is 0.0312. The number of nitrogens with zero attached hydrogens (tertiary/aromatic N) is 3. The minimum atomic E-state index is -0.884. The fourth-order valence-electron chi connectivity index (χ4n) is 5.28. The molecule has 3 heterocycles. The molecule has 3 atom stereocenters. The summed E-state index contributed by atoms with van der Waals surface area (Å²) in [5.74, 6) is -1.11. The Kier molecular flexibility index (Phi) is 11.1. The largest absolute Gasteiger partial charge is 0.391 e. The first kappa shape index (κ1) is 32.0. The lowest BCUT2D eigenvalue weighted by Gasteiger charge is -2.35. The standard InChI is InChI=1S/C30H44N6O5S/c1-20-26(42-19-33-20)22-7-5-21(6-8-22)16-32-28(39)24-15-23(37)17-36(24)29(40)27(30(2,3)4)34-25(38)18-41-14-13-35-11-9-31-10-12-35/h5-8,19,23-24,27,31,37H,9-18H2,1-4H3,(H,32,39)(H,34,38). The van der Waals surface area contributed by atoms with E-state index in [2.05, 4.69) is 25.8 Å². The van der Waals surface area contributed by atoms with E-state index in [0.29, 0.717) is 13.2 Å². The Morgan fingerprint density at radius 1 is 1.19 bits per heavy atom. The van der Waals surface area contributed by atoms with Crippen LogP contribution in [0.25, 0.3) is 10.4 Å². The molecule has 1 aromatic heterocycles. The first-order chi connectivity index (χ1) is 20.0. The van der Waals surface area contributed by atoms with Gasteiger partial charge in [-0.3, -0.25) is 19.3 Å². The number of β-amino-alcohol motifs (C(OH)–C–C–N with tert-alkyl or cyclic N) is 1. The number of aliphatic hydroxyl groups is 1. The number of benzene rings is 1. The maximum atomic E-state index is 13.7. The van der Waals surface area contributed by atoms with Crippen molar-refractivity contribution in [3.63, 3.8) is 0 Å². The number of thiazole rings is 1. The van der Waals surface area contributed by atoms with Crippen LogP contribution in [0.1, 0.15) is 38.4 Å². The second-order valence-corrected chi connectivity index (χ2v) is 12.9. The highest BCUT2D eigenvalue weighted by molar-refractivity contribution is 7.13. The van der Waals surface area contributed by atoms with Crippen LogP contribution >= 0.6 is 11.3 Å². The predicted molar refractivity (Wildman–Crippen MR) is 162 cm³/mol. The predicted octanol–water partition coefficient (Wildman–Crippen LogP) is 1.15. The summed E-state index contributed by atoms with van der Waals surface area (Å²) in [6.45, 7) is 12.7. The number of aryl methyl sites for hydroxylation is 1. The van der Waals surface area contributed by atoms with Crippen LogP contribution < -0.4 is 16.0 Å². The van der Waals surface area contributed by atoms with Crippen molar-refractivity contribution in [1.82, 2.24) is 30.7 Å². The van der Waals surface area contributed by atoms with Gasteiger partial charge in [-0.2, -0.15) is 0 Å². The topological polar surface area (TPSA) is 136 Å². The number of carbonyl (C=O) groups excluding carboxylic acids is 3. The van der Waals surface area contributed by atoms with E-state index >= 15 is 0 Å². The van der Waals surface area contributed by atoms with Gasteiger partial charge in [0.2, 0.25) is 17.7 Å². The Morgan fingerprint density at radius 3 is 2.55 bits per heavy atom. The number of likely N-dealkylation sites (tertiary alicyclic amines) is 1. The van der Waals surface area contributed by atoms with Crippen molar-refractivity contribution in [2.45, 2.75) is 58.8 Å². The Balaban J connectivity index is 1.31. The lowest BCUT2D eigenvalue weighted by Crippen LogP contribution is -2.58. The van der Waals surface area contributed by atoms with E-state index in [-0.39, 0.29) is 31.4 Å². The van der Waals surface area contributed by atoms with Crippen molar-refractivity contribution in [3.05, 3.63) is 41.0 Å². The SMILES string of the molecule is Cc1ncsc1-c1ccc(CNC(=O)C2CC(O)CN2C(=O)C(NC(=O)COCCN2CCNCC2)C(C)(C)C)cc1. The van der Waals surface area contributed by atoms with Crippen LogP contribution in [-0.2, 0) is 25.7 Å². The lowest BCUT2D eigenvalue weighted by molar-refractivity contribution is -0.144. The number of carbonyl (C=O) groups is 3. The fourth-order valence-corrected chi connectivity index (χ4v) is 6.09. The number of hydrogen-bond donors (Lipinski definition) is 4. The molecule has 0 saturated carbocycles. The van der Waals surface area contributed by atoms with Gasteiger partial charge in [-0.1, -0.05) is 45.0 Å². The minimum Gasteiger partial charge on any atom is -0.391 e. The van der Waals surface area contributed by atoms with Crippen LogP contribution in [0.5, 0.6) is 0 Å². The number of nitrogens with one attached hydrogen (secondary N) is 3. The molecule has 2 saturated heterocycles. The van der Waals surface area contributed by atoms with Gasteiger partial charge in [-0.15, -0.1) is 11.3 Å². The van der Waals surface area contributed by atoms with Gasteiger partial charge in [0.25, 0.3) is 0 Å². The third kappa shape index (κ3) is 8.57. The number of aliphatic hydroxyl groups excluding tert-OH is 1. The number of aromatic nitrogens is 1. The molecule has 2 aliphatic heterocycles. The van der Waals surface area contributed by atoms with Crippen LogP contribution in [0.2, 0.25) is 0 Å². The van der Waals surface area contributed by atoms with Gasteiger partial charge in [-0.25, -0.2) is 4.98 Å². The normalized spacial score (nSPS) is 20.4. The van der Waals surface area contributed by atoms with E-state index in [9.17, 15) is 19.5 Å². The highest BCUT2D eigenvalue weighted by Gasteiger charge is 2.44. The zero-order valence-electron chi connectivity index (χ0n) is 25.0. The van der Waals surface area contributed by atoms with Gasteiger partial charge in [0.05, 0.1) is 28.8 Å². The molecule has 230 valence electrons. The first-order valence-corrected chi connectivity index (χ1v) is 15.5. The molecule has 12 heteroatoms. The third-order valence-electron chi connectivity index (χ3n) is 7.71. The van der Waals surface area contributed by atoms with Gasteiger partial charge < -0.3 is 30.7 Å². The highest BCUT2D eigenvalue weighted by atomic mass is 32.1. The van der Waals surface area contributed by atoms with E-state index in [1.54, 1.807) is 11.3 Å². The molecule has 0 aliphatic carbocycles. The summed E-state index contributed by atoms with van der Waals surface area (Å²) in [5.41, 5.74) is 4.17. The Bertz CT molecular complexity index is 1210. The van der Waals surface area contributed by atoms with Gasteiger partial charge in [0.15, 0.2) is 0 Å². The summed E-state index contributed by atoms with van der Waals surface area (Å²) in [6, 6.07) is 6.20. The Labute approximate surface area is 252 Å². The summed E-state index contributed by atoms with van der Waals surface area (Å²) in [4.78, 5) is 48.8. The second-order valence-electron chi connectivity index (χ2n) is 12.1. The molecular formula is C30H44N6O5S. The van der Waals surface area contributed by atoms with Gasteiger partial charge in [-0.05, 0) is 23.5 Å². The quantitative estimate of drug-likeness (QED) is 0.282. The monoisotopic (exact) mass is 600 g/mol. The van der Waals surface area contributed by atoms with Gasteiger partial charge in [0, 0.05) is 52.2 Å². The van der Waals surface area contributed by atoms with Crippen molar-refractivity contribution in [2.75, 3.05) is 52.5 Å². The highest BCUT2D eigenvalue weighted by Crippen LogP contribution is 2.28. The van der Waals surface area contributed by atoms with Crippen LogP contribution in [0, 0.1) is 12.3 Å². The van der Waals surface area contributed by atoms with E-state index in [0.717, 1.165) is 54.4 Å². The smallest absolute Gasteiger partial charge is 0.246 e. The third-order valence-corrected chi connectivity index (χ3v) is 8.68. The number of piperazine rings is 1. The Hall–Kier alpha value is -2.90. The summed E-state index contributed by atoms with van der Waals surface area (Å²) in [7, 11) is 0. The number of amides is 3. The summed E-state index contributed by atoms with van der Waals surface area (Å²) in [6.07, 6.45) is -0.683. The molecule has 1 aromatic carbocycles. The van der Waals surface area contributed by atoms with Crippen LogP contribution in [0.15, 0.2) is 29.8 Å². The zero-order valence-corrected chi connectivity index (χ0v) is 25.8. The molecule has 0 spiro atoms. The van der Waals surface area contributed by atoms with Gasteiger partial charge in [0.1, 0.15) is 18.7 Å². The fraction of sp³-hybridized carbons (Fsp3) is 0.600. The number of hydrogen-bond acceptors (Lipinski definition) is 9. The number of rotatable bonds is 11. The zero-order chi connectivity index (χ0) is 30.3. The van der Waals surface area contributed by atoms with E-state index in [1.807, 2.05) is 57.5 Å². The second kappa shape index (κ2) is 14.5. The first-order valence-electron chi connectivity index (χ1n) is 14.6. The molecule has 2 aliphatic rings. The Morgan fingerprint density at radius 2 is 1.90 bits per heavy atom. The van der Waals surface area contributed by atoms with E-state index in [1.165, 1.54) is 4.90 Å². The van der Waals surface area contributed by atoms with E-state index < -0.39 is 29.5 Å². The maximum Gasteiger partial charge on any atom is 0.246 e. The van der Waals surface area contributed by atoms with Crippen molar-refractivity contribution in [3.8, 4) is 10.4 Å². The molecule has 2 aromatic rings. The van der Waals surface area contributed by atoms with Crippen molar-refractivity contribution >= 4 is 29.1 Å². The number of ether oxygens (including phenoxy) is 1. The molecule has 0 bridgehead atoms. The molecule has 3 unspecified atom stereocenters. The van der Waals surface area contributed by atoms with Crippen molar-refractivity contribution in [2.24, 2.45) is 5.41 Å². The van der Waals surface area contributed by atoms with Crippen LogP contribution in [0.4, 0.5) is 0 Å².